The molecule has 0 aromatic heterocycles. The van der Waals surface area contributed by atoms with E-state index in [0.29, 0.717) is 6.42 Å². The van der Waals surface area contributed by atoms with Crippen molar-refractivity contribution >= 4 is 5.97 Å². The minimum absolute atomic E-state index is 0.0443. The van der Waals surface area contributed by atoms with Gasteiger partial charge >= 0.3 is 5.97 Å². The number of esters is 1. The molecule has 0 aliphatic rings. The van der Waals surface area contributed by atoms with Gasteiger partial charge in [-0.05, 0) is 64.5 Å². The van der Waals surface area contributed by atoms with Crippen molar-refractivity contribution in [2.24, 2.45) is 0 Å². The largest absolute Gasteiger partial charge is 0.462 e. The molecule has 0 bridgehead atoms. The average molecular weight is 582 g/mol. The Balaban J connectivity index is 3.67. The second-order valence-corrected chi connectivity index (χ2v) is 12.6. The maximum absolute atomic E-state index is 12.5. The van der Waals surface area contributed by atoms with Crippen LogP contribution in [0.4, 0.5) is 0 Å². The second kappa shape index (κ2) is 35.6. The molecule has 246 valence electrons. The van der Waals surface area contributed by atoms with E-state index < -0.39 is 0 Å². The fourth-order valence-corrected chi connectivity index (χ4v) is 5.55. The molecule has 41 heavy (non-hydrogen) atoms. The lowest BCUT2D eigenvalue weighted by Crippen LogP contribution is -2.18. The summed E-state index contributed by atoms with van der Waals surface area (Å²) in [4.78, 5) is 12.5. The summed E-state index contributed by atoms with van der Waals surface area (Å²) < 4.78 is 11.8. The predicted octanol–water partition coefficient (Wildman–Crippen LogP) is 11.5. The first-order valence-corrected chi connectivity index (χ1v) is 18.7. The molecule has 0 atom stereocenters. The number of ether oxygens (including phenoxy) is 2. The molecule has 0 spiro atoms. The minimum atomic E-state index is 0.0443. The standard InChI is InChI=1S/C37H75NO3/c1-4-7-10-13-16-22-27-34-40-35-28-33-38-32-26-21-17-20-25-31-37(39)41-36(29-23-18-14-11-8-5-2)30-24-19-15-12-9-6-3/h36,38H,4-35H2,1-3H3. The van der Waals surface area contributed by atoms with E-state index in [1.807, 2.05) is 0 Å². The van der Waals surface area contributed by atoms with E-state index in [2.05, 4.69) is 26.1 Å². The fraction of sp³-hybridized carbons (Fsp3) is 0.973. The molecule has 0 fully saturated rings. The lowest BCUT2D eigenvalue weighted by molar-refractivity contribution is -0.150. The zero-order chi connectivity index (χ0) is 29.9. The first-order valence-electron chi connectivity index (χ1n) is 18.7. The van der Waals surface area contributed by atoms with E-state index in [1.165, 1.54) is 141 Å². The number of hydrogen-bond acceptors (Lipinski definition) is 4. The van der Waals surface area contributed by atoms with Crippen LogP contribution < -0.4 is 5.32 Å². The van der Waals surface area contributed by atoms with Gasteiger partial charge in [0.2, 0.25) is 0 Å². The third-order valence-electron chi connectivity index (χ3n) is 8.33. The highest BCUT2D eigenvalue weighted by atomic mass is 16.5. The van der Waals surface area contributed by atoms with Gasteiger partial charge in [0.15, 0.2) is 0 Å². The lowest BCUT2D eigenvalue weighted by atomic mass is 10.0. The van der Waals surface area contributed by atoms with Crippen molar-refractivity contribution in [1.29, 1.82) is 0 Å². The van der Waals surface area contributed by atoms with Crippen molar-refractivity contribution in [3.05, 3.63) is 0 Å². The van der Waals surface area contributed by atoms with Crippen molar-refractivity contribution in [2.45, 2.75) is 207 Å². The molecule has 4 heteroatoms. The third kappa shape index (κ3) is 33.8. The van der Waals surface area contributed by atoms with E-state index in [4.69, 9.17) is 9.47 Å². The average Bonchev–Trinajstić information content (AvgIpc) is 2.97. The molecule has 0 aliphatic heterocycles. The molecule has 0 aromatic rings. The molecule has 4 nitrogen and oxygen atoms in total. The molecule has 0 radical (unpaired) electrons. The van der Waals surface area contributed by atoms with Crippen LogP contribution in [-0.2, 0) is 14.3 Å². The van der Waals surface area contributed by atoms with Gasteiger partial charge in [-0.2, -0.15) is 0 Å². The highest BCUT2D eigenvalue weighted by Gasteiger charge is 2.14. The van der Waals surface area contributed by atoms with Crippen LogP contribution in [-0.4, -0.2) is 38.4 Å². The second-order valence-electron chi connectivity index (χ2n) is 12.6. The minimum Gasteiger partial charge on any atom is -0.462 e. The van der Waals surface area contributed by atoms with Crippen molar-refractivity contribution in [1.82, 2.24) is 5.32 Å². The van der Waals surface area contributed by atoms with Gasteiger partial charge in [0.05, 0.1) is 0 Å². The number of unbranched alkanes of at least 4 members (excludes halogenated alkanes) is 20. The monoisotopic (exact) mass is 582 g/mol. The molecule has 0 heterocycles. The van der Waals surface area contributed by atoms with Crippen LogP contribution in [0.25, 0.3) is 0 Å². The van der Waals surface area contributed by atoms with E-state index in [-0.39, 0.29) is 12.1 Å². The Morgan fingerprint density at radius 1 is 0.488 bits per heavy atom. The van der Waals surface area contributed by atoms with Crippen molar-refractivity contribution < 1.29 is 14.3 Å². The summed E-state index contributed by atoms with van der Waals surface area (Å²) in [6.07, 6.45) is 34.8. The lowest BCUT2D eigenvalue weighted by Gasteiger charge is -2.18. The Kier molecular flexibility index (Phi) is 35.1. The topological polar surface area (TPSA) is 47.6 Å². The van der Waals surface area contributed by atoms with Gasteiger partial charge in [-0.3, -0.25) is 4.79 Å². The van der Waals surface area contributed by atoms with Gasteiger partial charge in [0.25, 0.3) is 0 Å². The highest BCUT2D eigenvalue weighted by Crippen LogP contribution is 2.18. The normalized spacial score (nSPS) is 11.5. The maximum Gasteiger partial charge on any atom is 0.306 e. The number of carbonyl (C=O) groups is 1. The summed E-state index contributed by atoms with van der Waals surface area (Å²) in [7, 11) is 0. The van der Waals surface area contributed by atoms with Gasteiger partial charge in [0, 0.05) is 19.6 Å². The van der Waals surface area contributed by atoms with Gasteiger partial charge in [0.1, 0.15) is 6.10 Å². The summed E-state index contributed by atoms with van der Waals surface area (Å²) >= 11 is 0. The number of carbonyl (C=O) groups excluding carboxylic acids is 1. The van der Waals surface area contributed by atoms with Gasteiger partial charge in [-0.1, -0.05) is 143 Å². The Labute approximate surface area is 258 Å². The van der Waals surface area contributed by atoms with Crippen LogP contribution in [0.3, 0.4) is 0 Å². The van der Waals surface area contributed by atoms with Crippen LogP contribution >= 0.6 is 0 Å². The van der Waals surface area contributed by atoms with E-state index in [1.54, 1.807) is 0 Å². The highest BCUT2D eigenvalue weighted by molar-refractivity contribution is 5.69. The Morgan fingerprint density at radius 3 is 1.46 bits per heavy atom. The van der Waals surface area contributed by atoms with Gasteiger partial charge < -0.3 is 14.8 Å². The first kappa shape index (κ1) is 40.4. The summed E-state index contributed by atoms with van der Waals surface area (Å²) in [6, 6.07) is 0. The summed E-state index contributed by atoms with van der Waals surface area (Å²) in [5, 5.41) is 3.55. The third-order valence-corrected chi connectivity index (χ3v) is 8.33. The molecule has 0 saturated carbocycles. The first-order chi connectivity index (χ1) is 20.2. The molecule has 0 aliphatic carbocycles. The number of nitrogens with one attached hydrogen (secondary N) is 1. The van der Waals surface area contributed by atoms with Crippen molar-refractivity contribution in [3.63, 3.8) is 0 Å². The molecule has 0 saturated heterocycles. The quantitative estimate of drug-likeness (QED) is 0.0597. The van der Waals surface area contributed by atoms with E-state index >= 15 is 0 Å². The summed E-state index contributed by atoms with van der Waals surface area (Å²) in [5.41, 5.74) is 0. The smallest absolute Gasteiger partial charge is 0.306 e. The predicted molar refractivity (Wildman–Crippen MR) is 180 cm³/mol. The summed E-state index contributed by atoms with van der Waals surface area (Å²) in [5.74, 6) is 0.0443. The van der Waals surface area contributed by atoms with Crippen molar-refractivity contribution in [3.8, 4) is 0 Å². The van der Waals surface area contributed by atoms with Crippen LogP contribution in [0.5, 0.6) is 0 Å². The van der Waals surface area contributed by atoms with Crippen molar-refractivity contribution in [2.75, 3.05) is 26.3 Å². The van der Waals surface area contributed by atoms with E-state index in [9.17, 15) is 4.79 Å². The SMILES string of the molecule is CCCCCCCCCOCCCNCCCCCCCC(=O)OC(CCCCCCCC)CCCCCCCC. The van der Waals surface area contributed by atoms with Crippen LogP contribution in [0.1, 0.15) is 201 Å². The van der Waals surface area contributed by atoms with Gasteiger partial charge in [-0.25, -0.2) is 0 Å². The molecule has 0 amide bonds. The molecule has 0 rings (SSSR count). The zero-order valence-electron chi connectivity index (χ0n) is 28.4. The van der Waals surface area contributed by atoms with Crippen LogP contribution in [0.2, 0.25) is 0 Å². The molecule has 0 unspecified atom stereocenters. The van der Waals surface area contributed by atoms with Crippen LogP contribution in [0, 0.1) is 0 Å². The Hall–Kier alpha value is -0.610. The van der Waals surface area contributed by atoms with E-state index in [0.717, 1.165) is 58.4 Å². The maximum atomic E-state index is 12.5. The number of hydrogen-bond donors (Lipinski definition) is 1. The van der Waals surface area contributed by atoms with Crippen LogP contribution in [0.15, 0.2) is 0 Å². The number of rotatable bonds is 35. The Bertz CT molecular complexity index is 483. The fourth-order valence-electron chi connectivity index (χ4n) is 5.55. The van der Waals surface area contributed by atoms with Gasteiger partial charge in [-0.15, -0.1) is 0 Å². The molecular formula is C37H75NO3. The Morgan fingerprint density at radius 2 is 0.902 bits per heavy atom. The summed E-state index contributed by atoms with van der Waals surface area (Å²) in [6.45, 7) is 10.8. The zero-order valence-corrected chi connectivity index (χ0v) is 28.4. The molecular weight excluding hydrogens is 506 g/mol. The molecule has 0 aromatic carbocycles. The molecule has 1 N–H and O–H groups in total.